The number of benzene rings is 1. The number of nitrogens with zero attached hydrogens (tertiary/aromatic N) is 4. The highest BCUT2D eigenvalue weighted by atomic mass is 35.5. The van der Waals surface area contributed by atoms with Crippen LogP contribution in [-0.2, 0) is 11.3 Å². The Morgan fingerprint density at radius 1 is 1.26 bits per heavy atom. The van der Waals surface area contributed by atoms with Crippen LogP contribution in [0.15, 0.2) is 24.4 Å². The van der Waals surface area contributed by atoms with Gasteiger partial charge in [-0.15, -0.1) is 0 Å². The molecule has 2 heterocycles. The van der Waals surface area contributed by atoms with Crippen molar-refractivity contribution in [3.05, 3.63) is 46.6 Å². The number of hydrogen-bond donors (Lipinski definition) is 0. The van der Waals surface area contributed by atoms with E-state index in [0.29, 0.717) is 19.6 Å². The maximum Gasteiger partial charge on any atom is 0.410 e. The fourth-order valence-electron chi connectivity index (χ4n) is 3.11. The van der Waals surface area contributed by atoms with Gasteiger partial charge < -0.3 is 19.3 Å². The first-order valence-corrected chi connectivity index (χ1v) is 10.2. The van der Waals surface area contributed by atoms with Gasteiger partial charge in [0, 0.05) is 36.3 Å². The highest BCUT2D eigenvalue weighted by Crippen LogP contribution is 2.23. The summed E-state index contributed by atoms with van der Waals surface area (Å²) in [6.07, 6.45) is 0.634. The number of halogens is 3. The first-order chi connectivity index (χ1) is 14.5. The summed E-state index contributed by atoms with van der Waals surface area (Å²) in [6, 6.07) is 3.99. The summed E-state index contributed by atoms with van der Waals surface area (Å²) >= 11 is 5.74. The summed E-state index contributed by atoms with van der Waals surface area (Å²) in [7, 11) is 0. The Hall–Kier alpha value is -2.68. The fourth-order valence-corrected chi connectivity index (χ4v) is 3.27. The van der Waals surface area contributed by atoms with Crippen LogP contribution >= 0.6 is 11.6 Å². The highest BCUT2D eigenvalue weighted by molar-refractivity contribution is 6.30. The summed E-state index contributed by atoms with van der Waals surface area (Å²) < 4.78 is 38.9. The monoisotopic (exact) mass is 454 g/mol. The first-order valence-electron chi connectivity index (χ1n) is 9.87. The van der Waals surface area contributed by atoms with Crippen molar-refractivity contribution in [1.82, 2.24) is 14.9 Å². The molecule has 1 amide bonds. The largest absolute Gasteiger partial charge is 0.470 e. The Labute approximate surface area is 184 Å². The quantitative estimate of drug-likeness (QED) is 0.680. The van der Waals surface area contributed by atoms with Crippen molar-refractivity contribution in [3.8, 4) is 5.88 Å². The van der Waals surface area contributed by atoms with Gasteiger partial charge in [-0.2, -0.15) is 9.37 Å². The van der Waals surface area contributed by atoms with Gasteiger partial charge in [-0.3, -0.25) is 0 Å². The van der Waals surface area contributed by atoms with Gasteiger partial charge >= 0.3 is 6.09 Å². The van der Waals surface area contributed by atoms with Crippen LogP contribution in [0.25, 0.3) is 0 Å². The number of hydrogen-bond acceptors (Lipinski definition) is 6. The molecule has 0 aliphatic carbocycles. The Morgan fingerprint density at radius 3 is 2.65 bits per heavy atom. The Bertz CT molecular complexity index is 955. The van der Waals surface area contributed by atoms with Crippen LogP contribution in [0, 0.1) is 11.6 Å². The average molecular weight is 455 g/mol. The number of aromatic nitrogens is 2. The Kier molecular flexibility index (Phi) is 6.83. The smallest absolute Gasteiger partial charge is 0.410 e. The van der Waals surface area contributed by atoms with Crippen molar-refractivity contribution < 1.29 is 23.0 Å². The molecule has 31 heavy (non-hydrogen) atoms. The SMILES string of the molecule is C[C@H]1CN(c2ncc(F)c(OCc3ccc(Cl)cc3F)n2)CCN1C(=O)OC(C)(C)C. The lowest BCUT2D eigenvalue weighted by atomic mass is 10.2. The van der Waals surface area contributed by atoms with Gasteiger partial charge in [0.2, 0.25) is 11.8 Å². The van der Waals surface area contributed by atoms with Crippen LogP contribution in [0.2, 0.25) is 5.02 Å². The van der Waals surface area contributed by atoms with E-state index in [-0.39, 0.29) is 41.2 Å². The van der Waals surface area contributed by atoms with E-state index in [0.717, 1.165) is 12.3 Å². The van der Waals surface area contributed by atoms with Gasteiger partial charge in [-0.1, -0.05) is 17.7 Å². The molecule has 0 radical (unpaired) electrons. The van der Waals surface area contributed by atoms with Crippen molar-refractivity contribution in [1.29, 1.82) is 0 Å². The van der Waals surface area contributed by atoms with Crippen LogP contribution in [0.1, 0.15) is 33.3 Å². The van der Waals surface area contributed by atoms with Gasteiger partial charge in [0.25, 0.3) is 5.88 Å². The highest BCUT2D eigenvalue weighted by Gasteiger charge is 2.32. The minimum Gasteiger partial charge on any atom is -0.470 e. The molecule has 0 unspecified atom stereocenters. The molecular formula is C21H25ClF2N4O3. The molecule has 168 valence electrons. The number of anilines is 1. The van der Waals surface area contributed by atoms with Crippen LogP contribution < -0.4 is 9.64 Å². The maximum absolute atomic E-state index is 14.2. The predicted molar refractivity (Wildman–Crippen MR) is 112 cm³/mol. The Balaban J connectivity index is 1.67. The van der Waals surface area contributed by atoms with E-state index in [4.69, 9.17) is 21.1 Å². The minimum absolute atomic E-state index is 0.162. The molecule has 0 spiro atoms. The molecule has 0 bridgehead atoms. The third-order valence-electron chi connectivity index (χ3n) is 4.62. The summed E-state index contributed by atoms with van der Waals surface area (Å²) in [5.41, 5.74) is -0.354. The van der Waals surface area contributed by atoms with E-state index in [2.05, 4.69) is 9.97 Å². The van der Waals surface area contributed by atoms with E-state index < -0.39 is 17.2 Å². The van der Waals surface area contributed by atoms with Gasteiger partial charge in [0.1, 0.15) is 18.0 Å². The number of carbonyl (C=O) groups excluding carboxylic acids is 1. The topological polar surface area (TPSA) is 67.8 Å². The average Bonchev–Trinajstić information content (AvgIpc) is 2.67. The summed E-state index contributed by atoms with van der Waals surface area (Å²) in [5, 5.41) is 0.261. The lowest BCUT2D eigenvalue weighted by Crippen LogP contribution is -2.55. The number of rotatable bonds is 4. The molecule has 1 aromatic heterocycles. The molecule has 1 atom stereocenters. The van der Waals surface area contributed by atoms with E-state index >= 15 is 0 Å². The van der Waals surface area contributed by atoms with Crippen molar-refractivity contribution in [2.45, 2.75) is 45.9 Å². The first kappa shape index (κ1) is 23.0. The van der Waals surface area contributed by atoms with E-state index in [1.807, 2.05) is 32.6 Å². The molecule has 0 saturated carbocycles. The third kappa shape index (κ3) is 5.94. The zero-order valence-electron chi connectivity index (χ0n) is 17.9. The second kappa shape index (κ2) is 9.21. The van der Waals surface area contributed by atoms with Crippen LogP contribution in [0.4, 0.5) is 19.5 Å². The number of amides is 1. The van der Waals surface area contributed by atoms with Crippen molar-refractivity contribution in [2.24, 2.45) is 0 Å². The van der Waals surface area contributed by atoms with Gasteiger partial charge in [-0.25, -0.2) is 14.2 Å². The lowest BCUT2D eigenvalue weighted by Gasteiger charge is -2.40. The van der Waals surface area contributed by atoms with E-state index in [1.165, 1.54) is 12.1 Å². The number of ether oxygens (including phenoxy) is 2. The number of carbonyl (C=O) groups is 1. The standard InChI is InChI=1S/C21H25ClF2N4O3/c1-13-11-27(7-8-28(13)20(29)31-21(2,3)4)19-25-10-17(24)18(26-19)30-12-14-5-6-15(22)9-16(14)23/h5-6,9-10,13H,7-8,11-12H2,1-4H3/t13-/m0/s1. The second-order valence-electron chi connectivity index (χ2n) is 8.32. The van der Waals surface area contributed by atoms with Gasteiger partial charge in [0.15, 0.2) is 0 Å². The fraction of sp³-hybridized carbons (Fsp3) is 0.476. The molecule has 0 N–H and O–H groups in total. The molecule has 1 aromatic carbocycles. The molecule has 1 fully saturated rings. The van der Waals surface area contributed by atoms with Crippen LogP contribution in [0.5, 0.6) is 5.88 Å². The Morgan fingerprint density at radius 2 is 2.00 bits per heavy atom. The van der Waals surface area contributed by atoms with Crippen molar-refractivity contribution in [2.75, 3.05) is 24.5 Å². The van der Waals surface area contributed by atoms with Gasteiger partial charge in [0.05, 0.1) is 6.20 Å². The van der Waals surface area contributed by atoms with Crippen molar-refractivity contribution in [3.63, 3.8) is 0 Å². The number of piperazine rings is 1. The third-order valence-corrected chi connectivity index (χ3v) is 4.85. The van der Waals surface area contributed by atoms with E-state index in [9.17, 15) is 13.6 Å². The zero-order valence-corrected chi connectivity index (χ0v) is 18.6. The zero-order chi connectivity index (χ0) is 22.8. The van der Waals surface area contributed by atoms with Crippen LogP contribution in [0.3, 0.4) is 0 Å². The summed E-state index contributed by atoms with van der Waals surface area (Å²) in [4.78, 5) is 24.1. The molecular weight excluding hydrogens is 430 g/mol. The molecule has 1 aliphatic heterocycles. The molecule has 2 aromatic rings. The maximum atomic E-state index is 14.2. The molecule has 1 saturated heterocycles. The van der Waals surface area contributed by atoms with Gasteiger partial charge in [-0.05, 0) is 39.8 Å². The minimum atomic E-state index is -0.751. The summed E-state index contributed by atoms with van der Waals surface area (Å²) in [5.74, 6) is -1.31. The molecule has 7 nitrogen and oxygen atoms in total. The lowest BCUT2D eigenvalue weighted by molar-refractivity contribution is 0.0158. The predicted octanol–water partition coefficient (Wildman–Crippen LogP) is 4.43. The van der Waals surface area contributed by atoms with E-state index in [1.54, 1.807) is 4.90 Å². The normalized spacial score (nSPS) is 16.9. The molecule has 1 aliphatic rings. The molecule has 3 rings (SSSR count). The molecule has 10 heteroatoms. The van der Waals surface area contributed by atoms with Crippen molar-refractivity contribution >= 4 is 23.6 Å². The second-order valence-corrected chi connectivity index (χ2v) is 8.75. The van der Waals surface area contributed by atoms with Crippen LogP contribution in [-0.4, -0.2) is 52.2 Å². The summed E-state index contributed by atoms with van der Waals surface area (Å²) in [6.45, 7) is 8.42.